The molecule has 0 aromatic carbocycles. The Kier molecular flexibility index (Phi) is 3.31. The lowest BCUT2D eigenvalue weighted by molar-refractivity contribution is 0.0478. The molecule has 0 heterocycles. The maximum atomic E-state index is 11.8. The third kappa shape index (κ3) is 2.62. The lowest BCUT2D eigenvalue weighted by Crippen LogP contribution is -2.38. The van der Waals surface area contributed by atoms with Gasteiger partial charge in [-0.15, -0.1) is 0 Å². The number of amides is 2. The van der Waals surface area contributed by atoms with Gasteiger partial charge in [-0.05, 0) is 75.0 Å². The molecule has 21 heavy (non-hydrogen) atoms. The van der Waals surface area contributed by atoms with Gasteiger partial charge in [-0.25, -0.2) is 14.9 Å². The van der Waals surface area contributed by atoms with Crippen LogP contribution in [-0.2, 0) is 9.47 Å². The van der Waals surface area contributed by atoms with Crippen LogP contribution in [0.15, 0.2) is 0 Å². The second-order valence-corrected chi connectivity index (χ2v) is 7.36. The van der Waals surface area contributed by atoms with Crippen LogP contribution in [-0.4, -0.2) is 24.4 Å². The molecule has 5 nitrogen and oxygen atoms in total. The number of ether oxygens (including phenoxy) is 2. The summed E-state index contributed by atoms with van der Waals surface area (Å²) in [5, 5.41) is 2.23. The molecule has 1 N–H and O–H groups in total. The van der Waals surface area contributed by atoms with Crippen LogP contribution in [0.5, 0.6) is 0 Å². The SMILES string of the molecule is O=C(NC(=O)OC1CC2CCC1C2)OC1CC2CCC1C2. The van der Waals surface area contributed by atoms with Gasteiger partial charge in [-0.2, -0.15) is 0 Å². The standard InChI is InChI=1S/C16H23NO4/c18-15(20-13-7-9-1-3-11(13)5-9)17-16(19)21-14-8-10-2-4-12(14)6-10/h9-14H,1-8H2,(H,17,18,19). The van der Waals surface area contributed by atoms with Gasteiger partial charge in [0.05, 0.1) is 0 Å². The van der Waals surface area contributed by atoms with Crippen LogP contribution in [0, 0.1) is 23.7 Å². The van der Waals surface area contributed by atoms with E-state index in [1.807, 2.05) is 0 Å². The van der Waals surface area contributed by atoms with E-state index in [4.69, 9.17) is 9.47 Å². The number of rotatable bonds is 2. The van der Waals surface area contributed by atoms with E-state index >= 15 is 0 Å². The summed E-state index contributed by atoms with van der Waals surface area (Å²) in [6, 6.07) is 0. The third-order valence-corrected chi connectivity index (χ3v) is 6.07. The van der Waals surface area contributed by atoms with Gasteiger partial charge in [-0.1, -0.05) is 0 Å². The van der Waals surface area contributed by atoms with Crippen molar-refractivity contribution in [1.29, 1.82) is 0 Å². The molecule has 4 aliphatic carbocycles. The summed E-state index contributed by atoms with van der Waals surface area (Å²) in [6.07, 6.45) is 7.81. The number of hydrogen-bond donors (Lipinski definition) is 1. The molecule has 0 aromatic rings. The molecule has 5 heteroatoms. The molecule has 4 aliphatic rings. The Bertz CT molecular complexity index is 412. The van der Waals surface area contributed by atoms with Crippen molar-refractivity contribution in [1.82, 2.24) is 5.32 Å². The number of carbonyl (C=O) groups excluding carboxylic acids is 2. The molecule has 0 spiro atoms. The first kappa shape index (κ1) is 13.4. The van der Waals surface area contributed by atoms with E-state index in [1.54, 1.807) is 0 Å². The molecule has 0 aliphatic heterocycles. The Morgan fingerprint density at radius 1 is 0.714 bits per heavy atom. The molecule has 4 bridgehead atoms. The van der Waals surface area contributed by atoms with Gasteiger partial charge in [0.25, 0.3) is 0 Å². The predicted octanol–water partition coefficient (Wildman–Crippen LogP) is 3.23. The molecular weight excluding hydrogens is 270 g/mol. The molecule has 0 radical (unpaired) electrons. The van der Waals surface area contributed by atoms with Gasteiger partial charge in [0, 0.05) is 0 Å². The molecule has 6 atom stereocenters. The van der Waals surface area contributed by atoms with Crippen molar-refractivity contribution >= 4 is 12.2 Å². The summed E-state index contributed by atoms with van der Waals surface area (Å²) in [5.41, 5.74) is 0. The number of alkyl carbamates (subject to hydrolysis) is 2. The van der Waals surface area contributed by atoms with Crippen molar-refractivity contribution in [2.75, 3.05) is 0 Å². The van der Waals surface area contributed by atoms with Crippen LogP contribution < -0.4 is 5.32 Å². The van der Waals surface area contributed by atoms with Crippen molar-refractivity contribution in [2.45, 2.75) is 63.6 Å². The van der Waals surface area contributed by atoms with E-state index in [0.717, 1.165) is 25.7 Å². The minimum Gasteiger partial charge on any atom is -0.446 e. The minimum absolute atomic E-state index is 0.000886. The first-order valence-electron chi connectivity index (χ1n) is 8.35. The number of carbonyl (C=O) groups is 2. The summed E-state index contributed by atoms with van der Waals surface area (Å²) >= 11 is 0. The lowest BCUT2D eigenvalue weighted by Gasteiger charge is -2.23. The normalized spacial score (nSPS) is 43.0. The number of nitrogens with one attached hydrogen (secondary N) is 1. The van der Waals surface area contributed by atoms with Gasteiger partial charge >= 0.3 is 12.2 Å². The third-order valence-electron chi connectivity index (χ3n) is 6.07. The van der Waals surface area contributed by atoms with Gasteiger partial charge in [0.1, 0.15) is 12.2 Å². The highest BCUT2D eigenvalue weighted by Crippen LogP contribution is 2.46. The van der Waals surface area contributed by atoms with Crippen molar-refractivity contribution < 1.29 is 19.1 Å². The van der Waals surface area contributed by atoms with Gasteiger partial charge in [-0.3, -0.25) is 0 Å². The highest BCUT2D eigenvalue weighted by Gasteiger charge is 2.43. The van der Waals surface area contributed by atoms with E-state index in [2.05, 4.69) is 5.32 Å². The zero-order valence-electron chi connectivity index (χ0n) is 12.3. The highest BCUT2D eigenvalue weighted by molar-refractivity contribution is 5.87. The van der Waals surface area contributed by atoms with E-state index in [-0.39, 0.29) is 12.2 Å². The first-order chi connectivity index (χ1) is 10.2. The molecule has 0 aromatic heterocycles. The lowest BCUT2D eigenvalue weighted by atomic mass is 9.98. The summed E-state index contributed by atoms with van der Waals surface area (Å²) in [5.74, 6) is 2.44. The van der Waals surface area contributed by atoms with Crippen LogP contribution in [0.25, 0.3) is 0 Å². The number of fused-ring (bicyclic) bond motifs is 4. The summed E-state index contributed by atoms with van der Waals surface area (Å²) in [4.78, 5) is 23.6. The quantitative estimate of drug-likeness (QED) is 0.849. The largest absolute Gasteiger partial charge is 0.446 e. The van der Waals surface area contributed by atoms with Crippen LogP contribution in [0.1, 0.15) is 51.4 Å². The zero-order chi connectivity index (χ0) is 14.4. The zero-order valence-corrected chi connectivity index (χ0v) is 12.3. The van der Waals surface area contributed by atoms with Crippen LogP contribution in [0.4, 0.5) is 9.59 Å². The molecule has 116 valence electrons. The van der Waals surface area contributed by atoms with Crippen molar-refractivity contribution in [3.8, 4) is 0 Å². The van der Waals surface area contributed by atoms with Crippen LogP contribution in [0.3, 0.4) is 0 Å². The van der Waals surface area contributed by atoms with Crippen LogP contribution >= 0.6 is 0 Å². The predicted molar refractivity (Wildman–Crippen MR) is 74.6 cm³/mol. The Morgan fingerprint density at radius 3 is 1.52 bits per heavy atom. The van der Waals surface area contributed by atoms with Gasteiger partial charge in [0.2, 0.25) is 0 Å². The van der Waals surface area contributed by atoms with Crippen LogP contribution in [0.2, 0.25) is 0 Å². The number of hydrogen-bond acceptors (Lipinski definition) is 4. The fourth-order valence-corrected chi connectivity index (χ4v) is 5.08. The van der Waals surface area contributed by atoms with E-state index in [9.17, 15) is 9.59 Å². The topological polar surface area (TPSA) is 64.6 Å². The molecule has 4 fully saturated rings. The first-order valence-corrected chi connectivity index (χ1v) is 8.35. The number of imide groups is 1. The molecular formula is C16H23NO4. The highest BCUT2D eigenvalue weighted by atomic mass is 16.6. The second-order valence-electron chi connectivity index (χ2n) is 7.36. The Labute approximate surface area is 124 Å². The van der Waals surface area contributed by atoms with Gasteiger partial charge in [0.15, 0.2) is 0 Å². The summed E-state index contributed by atoms with van der Waals surface area (Å²) in [7, 11) is 0. The van der Waals surface area contributed by atoms with Crippen molar-refractivity contribution in [2.24, 2.45) is 23.7 Å². The Hall–Kier alpha value is -1.26. The fourth-order valence-electron chi connectivity index (χ4n) is 5.08. The Morgan fingerprint density at radius 2 is 1.19 bits per heavy atom. The van der Waals surface area contributed by atoms with Crippen molar-refractivity contribution in [3.05, 3.63) is 0 Å². The monoisotopic (exact) mass is 293 g/mol. The molecule has 2 amide bonds. The van der Waals surface area contributed by atoms with E-state index in [0.29, 0.717) is 23.7 Å². The summed E-state index contributed by atoms with van der Waals surface area (Å²) < 4.78 is 10.8. The van der Waals surface area contributed by atoms with Crippen molar-refractivity contribution in [3.63, 3.8) is 0 Å². The molecule has 4 rings (SSSR count). The van der Waals surface area contributed by atoms with Gasteiger partial charge < -0.3 is 9.47 Å². The smallest absolute Gasteiger partial charge is 0.416 e. The average Bonchev–Trinajstić information content (AvgIpc) is 3.18. The maximum Gasteiger partial charge on any atom is 0.416 e. The maximum absolute atomic E-state index is 11.8. The van der Waals surface area contributed by atoms with E-state index in [1.165, 1.54) is 25.7 Å². The minimum atomic E-state index is -0.638. The van der Waals surface area contributed by atoms with E-state index < -0.39 is 12.2 Å². The summed E-state index contributed by atoms with van der Waals surface area (Å²) in [6.45, 7) is 0. The molecule has 0 saturated heterocycles. The fraction of sp³-hybridized carbons (Fsp3) is 0.875. The second kappa shape index (κ2) is 5.18. The Balaban J connectivity index is 1.22. The molecule has 4 saturated carbocycles. The molecule has 6 unspecified atom stereocenters. The average molecular weight is 293 g/mol.